The number of pyridine rings is 1. The van der Waals surface area contributed by atoms with Crippen molar-refractivity contribution >= 4 is 35.0 Å². The van der Waals surface area contributed by atoms with Crippen LogP contribution in [0.5, 0.6) is 0 Å². The summed E-state index contributed by atoms with van der Waals surface area (Å²) in [5.74, 6) is -1.10. The Hall–Kier alpha value is -2.60. The van der Waals surface area contributed by atoms with E-state index in [1.807, 2.05) is 0 Å². The first-order valence-electron chi connectivity index (χ1n) is 5.57. The number of carbonyl (C=O) groups is 2. The van der Waals surface area contributed by atoms with Gasteiger partial charge in [0, 0.05) is 6.20 Å². The van der Waals surface area contributed by atoms with Crippen LogP contribution in [0.25, 0.3) is 0 Å². The topological polar surface area (TPSA) is 91.3 Å². The molecule has 6 nitrogen and oxygen atoms in total. The van der Waals surface area contributed by atoms with Crippen LogP contribution < -0.4 is 10.6 Å². The van der Waals surface area contributed by atoms with Gasteiger partial charge in [0.25, 0.3) is 0 Å². The number of rotatable bonds is 3. The van der Waals surface area contributed by atoms with Gasteiger partial charge in [-0.15, -0.1) is 0 Å². The van der Waals surface area contributed by atoms with E-state index in [4.69, 9.17) is 16.7 Å². The van der Waals surface area contributed by atoms with Crippen molar-refractivity contribution < 1.29 is 14.7 Å². The number of carbonyl (C=O) groups excluding carboxylic acids is 1. The standard InChI is InChI=1S/C13H10ClN3O3/c14-10-4-3-8(12(18)19)6-11(10)17-13(20)16-9-2-1-5-15-7-9/h1-7H,(H,18,19)(H2,16,17,20). The van der Waals surface area contributed by atoms with E-state index in [9.17, 15) is 9.59 Å². The molecule has 1 aromatic carbocycles. The van der Waals surface area contributed by atoms with Crippen LogP contribution in [0.3, 0.4) is 0 Å². The molecule has 3 N–H and O–H groups in total. The zero-order chi connectivity index (χ0) is 14.5. The third kappa shape index (κ3) is 3.46. The van der Waals surface area contributed by atoms with Crippen LogP contribution in [0.4, 0.5) is 16.2 Å². The highest BCUT2D eigenvalue weighted by molar-refractivity contribution is 6.34. The minimum atomic E-state index is -1.10. The molecule has 0 radical (unpaired) electrons. The maximum atomic E-state index is 11.8. The van der Waals surface area contributed by atoms with E-state index >= 15 is 0 Å². The molecule has 2 rings (SSSR count). The van der Waals surface area contributed by atoms with Crippen molar-refractivity contribution in [2.75, 3.05) is 10.6 Å². The minimum Gasteiger partial charge on any atom is -0.478 e. The molecule has 2 aromatic rings. The van der Waals surface area contributed by atoms with Crippen molar-refractivity contribution in [2.24, 2.45) is 0 Å². The Morgan fingerprint density at radius 2 is 2.00 bits per heavy atom. The Morgan fingerprint density at radius 1 is 1.20 bits per heavy atom. The molecule has 2 amide bonds. The largest absolute Gasteiger partial charge is 0.478 e. The molecular weight excluding hydrogens is 282 g/mol. The molecule has 20 heavy (non-hydrogen) atoms. The monoisotopic (exact) mass is 291 g/mol. The van der Waals surface area contributed by atoms with Gasteiger partial charge >= 0.3 is 12.0 Å². The van der Waals surface area contributed by atoms with E-state index < -0.39 is 12.0 Å². The van der Waals surface area contributed by atoms with E-state index in [0.717, 1.165) is 0 Å². The number of aromatic carboxylic acids is 1. The Kier molecular flexibility index (Phi) is 4.17. The van der Waals surface area contributed by atoms with Crippen molar-refractivity contribution in [1.29, 1.82) is 0 Å². The predicted molar refractivity (Wildman–Crippen MR) is 75.3 cm³/mol. The van der Waals surface area contributed by atoms with E-state index in [1.165, 1.54) is 24.4 Å². The number of nitrogens with one attached hydrogen (secondary N) is 2. The molecule has 7 heteroatoms. The number of carboxylic acid groups (broad SMARTS) is 1. The quantitative estimate of drug-likeness (QED) is 0.810. The number of halogens is 1. The summed E-state index contributed by atoms with van der Waals surface area (Å²) in [6.45, 7) is 0. The highest BCUT2D eigenvalue weighted by Crippen LogP contribution is 2.23. The summed E-state index contributed by atoms with van der Waals surface area (Å²) in [6, 6.07) is 6.85. The fourth-order valence-electron chi connectivity index (χ4n) is 1.48. The molecule has 0 unspecified atom stereocenters. The zero-order valence-electron chi connectivity index (χ0n) is 10.1. The number of hydrogen-bond donors (Lipinski definition) is 3. The summed E-state index contributed by atoms with van der Waals surface area (Å²) >= 11 is 5.90. The van der Waals surface area contributed by atoms with Gasteiger partial charge in [0.1, 0.15) is 0 Å². The van der Waals surface area contributed by atoms with Crippen LogP contribution in [0, 0.1) is 0 Å². The summed E-state index contributed by atoms with van der Waals surface area (Å²) in [6.07, 6.45) is 3.06. The van der Waals surface area contributed by atoms with E-state index in [-0.39, 0.29) is 16.3 Å². The molecule has 0 aliphatic heterocycles. The molecule has 1 heterocycles. The maximum Gasteiger partial charge on any atom is 0.335 e. The third-order valence-electron chi connectivity index (χ3n) is 2.38. The molecular formula is C13H10ClN3O3. The lowest BCUT2D eigenvalue weighted by molar-refractivity contribution is 0.0697. The second kappa shape index (κ2) is 6.03. The van der Waals surface area contributed by atoms with E-state index in [1.54, 1.807) is 18.3 Å². The second-order valence-corrected chi connectivity index (χ2v) is 4.23. The Labute approximate surface area is 119 Å². The third-order valence-corrected chi connectivity index (χ3v) is 2.71. The van der Waals surface area contributed by atoms with E-state index in [2.05, 4.69) is 15.6 Å². The number of carboxylic acids is 1. The molecule has 102 valence electrons. The molecule has 0 bridgehead atoms. The summed E-state index contributed by atoms with van der Waals surface area (Å²) in [5.41, 5.74) is 0.759. The number of urea groups is 1. The highest BCUT2D eigenvalue weighted by Gasteiger charge is 2.10. The number of amides is 2. The Morgan fingerprint density at radius 3 is 2.65 bits per heavy atom. The van der Waals surface area contributed by atoms with Crippen LogP contribution in [0.15, 0.2) is 42.7 Å². The van der Waals surface area contributed by atoms with Gasteiger partial charge in [-0.2, -0.15) is 0 Å². The van der Waals surface area contributed by atoms with Crippen molar-refractivity contribution in [3.05, 3.63) is 53.3 Å². The molecule has 0 saturated heterocycles. The first-order valence-corrected chi connectivity index (χ1v) is 5.95. The number of nitrogens with zero attached hydrogens (tertiary/aromatic N) is 1. The molecule has 0 aliphatic rings. The second-order valence-electron chi connectivity index (χ2n) is 3.82. The van der Waals surface area contributed by atoms with Gasteiger partial charge in [-0.1, -0.05) is 11.6 Å². The van der Waals surface area contributed by atoms with Gasteiger partial charge in [0.05, 0.1) is 28.2 Å². The number of aromatic nitrogens is 1. The van der Waals surface area contributed by atoms with E-state index in [0.29, 0.717) is 5.69 Å². The fourth-order valence-corrected chi connectivity index (χ4v) is 1.64. The summed E-state index contributed by atoms with van der Waals surface area (Å²) in [7, 11) is 0. The first kappa shape index (κ1) is 13.8. The predicted octanol–water partition coefficient (Wildman–Crippen LogP) is 3.08. The van der Waals surface area contributed by atoms with Crippen LogP contribution in [-0.4, -0.2) is 22.1 Å². The number of anilines is 2. The van der Waals surface area contributed by atoms with Gasteiger partial charge < -0.3 is 15.7 Å². The zero-order valence-corrected chi connectivity index (χ0v) is 10.9. The smallest absolute Gasteiger partial charge is 0.335 e. The van der Waals surface area contributed by atoms with Gasteiger partial charge in [-0.05, 0) is 30.3 Å². The lowest BCUT2D eigenvalue weighted by Crippen LogP contribution is -2.20. The Balaban J connectivity index is 2.11. The summed E-state index contributed by atoms with van der Waals surface area (Å²) in [5, 5.41) is 14.2. The molecule has 0 atom stereocenters. The van der Waals surface area contributed by atoms with Crippen LogP contribution in [0.2, 0.25) is 5.02 Å². The first-order chi connectivity index (χ1) is 9.56. The van der Waals surface area contributed by atoms with Crippen LogP contribution >= 0.6 is 11.6 Å². The van der Waals surface area contributed by atoms with Crippen molar-refractivity contribution in [3.8, 4) is 0 Å². The van der Waals surface area contributed by atoms with Gasteiger partial charge in [0.15, 0.2) is 0 Å². The van der Waals surface area contributed by atoms with Gasteiger partial charge in [-0.25, -0.2) is 9.59 Å². The summed E-state index contributed by atoms with van der Waals surface area (Å²) in [4.78, 5) is 26.5. The number of benzene rings is 1. The maximum absolute atomic E-state index is 11.8. The number of hydrogen-bond acceptors (Lipinski definition) is 3. The Bertz CT molecular complexity index is 647. The lowest BCUT2D eigenvalue weighted by Gasteiger charge is -2.09. The SMILES string of the molecule is O=C(Nc1cccnc1)Nc1cc(C(=O)O)ccc1Cl. The molecule has 0 fully saturated rings. The van der Waals surface area contributed by atoms with Crippen molar-refractivity contribution in [1.82, 2.24) is 4.98 Å². The van der Waals surface area contributed by atoms with Gasteiger partial charge in [-0.3, -0.25) is 4.98 Å². The normalized spacial score (nSPS) is 9.85. The molecule has 0 aliphatic carbocycles. The molecule has 0 spiro atoms. The van der Waals surface area contributed by atoms with Crippen LogP contribution in [-0.2, 0) is 0 Å². The fraction of sp³-hybridized carbons (Fsp3) is 0. The van der Waals surface area contributed by atoms with Gasteiger partial charge in [0.2, 0.25) is 0 Å². The average molecular weight is 292 g/mol. The lowest BCUT2D eigenvalue weighted by atomic mass is 10.2. The molecule has 1 aromatic heterocycles. The minimum absolute atomic E-state index is 0.0334. The van der Waals surface area contributed by atoms with Crippen molar-refractivity contribution in [3.63, 3.8) is 0 Å². The highest BCUT2D eigenvalue weighted by atomic mass is 35.5. The summed E-state index contributed by atoms with van der Waals surface area (Å²) < 4.78 is 0. The van der Waals surface area contributed by atoms with Crippen LogP contribution in [0.1, 0.15) is 10.4 Å². The average Bonchev–Trinajstić information content (AvgIpc) is 2.42. The molecule has 0 saturated carbocycles. The van der Waals surface area contributed by atoms with Crippen molar-refractivity contribution in [2.45, 2.75) is 0 Å².